The van der Waals surface area contributed by atoms with E-state index in [2.05, 4.69) is 10.3 Å². The molecule has 0 aliphatic rings. The number of carbonyl (C=O) groups excluding carboxylic acids is 1. The minimum atomic E-state index is -4.30. The van der Waals surface area contributed by atoms with Crippen molar-refractivity contribution in [3.05, 3.63) is 36.0 Å². The summed E-state index contributed by atoms with van der Waals surface area (Å²) in [5.74, 6) is -0.328. The number of anilines is 1. The number of alkyl halides is 3. The van der Waals surface area contributed by atoms with Crippen LogP contribution in [0, 0.1) is 0 Å². The Kier molecular flexibility index (Phi) is 3.78. The smallest absolute Gasteiger partial charge is 0.383 e. The molecule has 0 saturated heterocycles. The summed E-state index contributed by atoms with van der Waals surface area (Å²) < 4.78 is 36.1. The molecule has 1 aromatic carbocycles. The van der Waals surface area contributed by atoms with Crippen LogP contribution in [-0.2, 0) is 0 Å². The Morgan fingerprint density at radius 3 is 2.55 bits per heavy atom. The van der Waals surface area contributed by atoms with E-state index >= 15 is 0 Å². The Hall–Kier alpha value is -2.31. The van der Waals surface area contributed by atoms with E-state index in [0.717, 1.165) is 0 Å². The Labute approximate surface area is 112 Å². The topological polar surface area (TPSA) is 68.0 Å². The highest BCUT2D eigenvalue weighted by atomic mass is 19.4. The van der Waals surface area contributed by atoms with Crippen molar-refractivity contribution in [2.45, 2.75) is 12.6 Å². The molecule has 106 valence electrons. The number of benzene rings is 1. The molecule has 3 N–H and O–H groups in total. The van der Waals surface area contributed by atoms with E-state index < -0.39 is 25.0 Å². The predicted molar refractivity (Wildman–Crippen MR) is 69.2 cm³/mol. The number of hydrogen-bond donors (Lipinski definition) is 2. The fraction of sp³-hybridized carbons (Fsp3) is 0.231. The third kappa shape index (κ3) is 3.17. The molecule has 1 aromatic heterocycles. The lowest BCUT2D eigenvalue weighted by molar-refractivity contribution is -0.132. The van der Waals surface area contributed by atoms with Crippen LogP contribution in [0.4, 0.5) is 19.0 Å². The Morgan fingerprint density at radius 1 is 1.25 bits per heavy atom. The van der Waals surface area contributed by atoms with Gasteiger partial charge in [0.1, 0.15) is 5.82 Å². The van der Waals surface area contributed by atoms with Gasteiger partial charge in [-0.05, 0) is 5.39 Å². The molecule has 20 heavy (non-hydrogen) atoms. The van der Waals surface area contributed by atoms with Gasteiger partial charge in [-0.2, -0.15) is 13.2 Å². The number of aromatic nitrogens is 1. The van der Waals surface area contributed by atoms with Gasteiger partial charge in [0.15, 0.2) is 0 Å². The van der Waals surface area contributed by atoms with Gasteiger partial charge in [-0.15, -0.1) is 0 Å². The molecule has 1 heterocycles. The molecule has 0 bridgehead atoms. The third-order valence-electron chi connectivity index (χ3n) is 2.76. The average molecular weight is 283 g/mol. The average Bonchev–Trinajstić information content (AvgIpc) is 2.38. The molecule has 1 amide bonds. The van der Waals surface area contributed by atoms with Gasteiger partial charge in [0.2, 0.25) is 0 Å². The zero-order valence-corrected chi connectivity index (χ0v) is 10.4. The van der Waals surface area contributed by atoms with E-state index in [4.69, 9.17) is 5.73 Å². The van der Waals surface area contributed by atoms with Gasteiger partial charge in [-0.3, -0.25) is 4.79 Å². The van der Waals surface area contributed by atoms with Gasteiger partial charge < -0.3 is 11.1 Å². The molecule has 0 atom stereocenters. The van der Waals surface area contributed by atoms with E-state index in [9.17, 15) is 18.0 Å². The van der Waals surface area contributed by atoms with Crippen molar-refractivity contribution in [2.24, 2.45) is 0 Å². The van der Waals surface area contributed by atoms with Crippen LogP contribution < -0.4 is 11.1 Å². The van der Waals surface area contributed by atoms with E-state index in [0.29, 0.717) is 10.8 Å². The molecule has 4 nitrogen and oxygen atoms in total. The molecular formula is C13H12F3N3O. The standard InChI is InChI=1S/C13H12F3N3O/c14-13(15,16)5-6-18-12(20)10-7-19-11(17)9-4-2-1-3-8(9)10/h1-4,7H,5-6H2,(H2,17,19)(H,18,20). The van der Waals surface area contributed by atoms with Gasteiger partial charge in [-0.25, -0.2) is 4.98 Å². The quantitative estimate of drug-likeness (QED) is 0.909. The first-order valence-electron chi connectivity index (χ1n) is 5.86. The van der Waals surface area contributed by atoms with Crippen LogP contribution in [0.15, 0.2) is 30.5 Å². The van der Waals surface area contributed by atoms with Crippen molar-refractivity contribution in [3.63, 3.8) is 0 Å². The number of amides is 1. The van der Waals surface area contributed by atoms with Gasteiger partial charge >= 0.3 is 6.18 Å². The van der Waals surface area contributed by atoms with E-state index in [1.54, 1.807) is 24.3 Å². The number of fused-ring (bicyclic) bond motifs is 1. The summed E-state index contributed by atoms with van der Waals surface area (Å²) in [4.78, 5) is 15.8. The number of pyridine rings is 1. The van der Waals surface area contributed by atoms with E-state index in [1.807, 2.05) is 0 Å². The Bertz CT molecular complexity index is 640. The summed E-state index contributed by atoms with van der Waals surface area (Å²) in [6.45, 7) is -0.471. The van der Waals surface area contributed by atoms with Crippen molar-refractivity contribution in [3.8, 4) is 0 Å². The molecule has 7 heteroatoms. The largest absolute Gasteiger partial charge is 0.390 e. The maximum Gasteiger partial charge on any atom is 0.390 e. The SMILES string of the molecule is Nc1ncc(C(=O)NCCC(F)(F)F)c2ccccc12. The summed E-state index contributed by atoms with van der Waals surface area (Å²) in [6, 6.07) is 6.83. The Balaban J connectivity index is 2.21. The molecule has 0 unspecified atom stereocenters. The number of nitrogens with two attached hydrogens (primary N) is 1. The second-order valence-corrected chi connectivity index (χ2v) is 4.22. The summed E-state index contributed by atoms with van der Waals surface area (Å²) in [7, 11) is 0. The number of nitrogens with one attached hydrogen (secondary N) is 1. The molecule has 0 radical (unpaired) electrons. The van der Waals surface area contributed by atoms with E-state index in [-0.39, 0.29) is 11.4 Å². The van der Waals surface area contributed by atoms with Crippen molar-refractivity contribution in [2.75, 3.05) is 12.3 Å². The van der Waals surface area contributed by atoms with Crippen LogP contribution in [0.25, 0.3) is 10.8 Å². The zero-order chi connectivity index (χ0) is 14.8. The fourth-order valence-corrected chi connectivity index (χ4v) is 1.81. The van der Waals surface area contributed by atoms with E-state index in [1.165, 1.54) is 6.20 Å². The number of hydrogen-bond acceptors (Lipinski definition) is 3. The number of carbonyl (C=O) groups is 1. The van der Waals surface area contributed by atoms with Gasteiger partial charge in [0.25, 0.3) is 5.91 Å². The second kappa shape index (κ2) is 5.36. The van der Waals surface area contributed by atoms with Crippen molar-refractivity contribution in [1.82, 2.24) is 10.3 Å². The molecular weight excluding hydrogens is 271 g/mol. The molecule has 2 rings (SSSR count). The number of nitrogens with zero attached hydrogens (tertiary/aromatic N) is 1. The maximum atomic E-state index is 12.0. The number of halogens is 3. The molecule has 0 fully saturated rings. The highest BCUT2D eigenvalue weighted by Crippen LogP contribution is 2.22. The summed E-state index contributed by atoms with van der Waals surface area (Å²) in [5.41, 5.74) is 5.90. The fourth-order valence-electron chi connectivity index (χ4n) is 1.81. The van der Waals surface area contributed by atoms with Gasteiger partial charge in [-0.1, -0.05) is 24.3 Å². The monoisotopic (exact) mass is 283 g/mol. The first-order chi connectivity index (χ1) is 9.38. The lowest BCUT2D eigenvalue weighted by atomic mass is 10.1. The second-order valence-electron chi connectivity index (χ2n) is 4.22. The number of nitrogen functional groups attached to an aromatic ring is 1. The van der Waals surface area contributed by atoms with Crippen LogP contribution in [0.1, 0.15) is 16.8 Å². The predicted octanol–water partition coefficient (Wildman–Crippen LogP) is 2.50. The summed E-state index contributed by atoms with van der Waals surface area (Å²) in [5, 5.41) is 3.38. The molecule has 0 aliphatic heterocycles. The van der Waals surface area contributed by atoms with Crippen molar-refractivity contribution < 1.29 is 18.0 Å². The molecule has 0 spiro atoms. The lowest BCUT2D eigenvalue weighted by Crippen LogP contribution is -2.28. The minimum absolute atomic E-state index is 0.206. The third-order valence-corrected chi connectivity index (χ3v) is 2.76. The first-order valence-corrected chi connectivity index (χ1v) is 5.86. The normalized spacial score (nSPS) is 11.6. The number of rotatable bonds is 3. The van der Waals surface area contributed by atoms with Crippen LogP contribution in [0.5, 0.6) is 0 Å². The summed E-state index contributed by atoms with van der Waals surface area (Å²) >= 11 is 0. The Morgan fingerprint density at radius 2 is 1.90 bits per heavy atom. The van der Waals surface area contributed by atoms with Gasteiger partial charge in [0.05, 0.1) is 12.0 Å². The maximum absolute atomic E-state index is 12.0. The minimum Gasteiger partial charge on any atom is -0.383 e. The van der Waals surface area contributed by atoms with Crippen LogP contribution in [-0.4, -0.2) is 23.6 Å². The highest BCUT2D eigenvalue weighted by molar-refractivity contribution is 6.08. The molecule has 2 aromatic rings. The van der Waals surface area contributed by atoms with Crippen molar-refractivity contribution in [1.29, 1.82) is 0 Å². The lowest BCUT2D eigenvalue weighted by Gasteiger charge is -2.10. The van der Waals surface area contributed by atoms with Crippen molar-refractivity contribution >= 4 is 22.5 Å². The molecule has 0 saturated carbocycles. The van der Waals surface area contributed by atoms with Crippen LogP contribution >= 0.6 is 0 Å². The zero-order valence-electron chi connectivity index (χ0n) is 10.4. The van der Waals surface area contributed by atoms with Gasteiger partial charge in [0, 0.05) is 18.1 Å². The first kappa shape index (κ1) is 14.1. The van der Waals surface area contributed by atoms with Crippen LogP contribution in [0.2, 0.25) is 0 Å². The summed E-state index contributed by atoms with van der Waals surface area (Å²) in [6.07, 6.45) is -4.10. The highest BCUT2D eigenvalue weighted by Gasteiger charge is 2.26. The van der Waals surface area contributed by atoms with Crippen LogP contribution in [0.3, 0.4) is 0 Å². The molecule has 0 aliphatic carbocycles.